The summed E-state index contributed by atoms with van der Waals surface area (Å²) >= 11 is 0. The summed E-state index contributed by atoms with van der Waals surface area (Å²) in [6, 6.07) is 15.9. The van der Waals surface area contributed by atoms with E-state index in [0.717, 1.165) is 5.56 Å². The number of carbonyl (C=O) groups excluding carboxylic acids is 2. The van der Waals surface area contributed by atoms with E-state index in [2.05, 4.69) is 5.32 Å². The zero-order chi connectivity index (χ0) is 23.0. The van der Waals surface area contributed by atoms with Gasteiger partial charge in [-0.1, -0.05) is 30.3 Å². The second kappa shape index (κ2) is 10.9. The normalized spacial score (nSPS) is 15.0. The minimum absolute atomic E-state index is 0.146. The van der Waals surface area contributed by atoms with Gasteiger partial charge in [-0.05, 0) is 42.8 Å². The quantitative estimate of drug-likeness (QED) is 0.654. The number of rotatable bonds is 8. The van der Waals surface area contributed by atoms with Gasteiger partial charge in [-0.3, -0.25) is 9.59 Å². The molecule has 1 aliphatic rings. The van der Waals surface area contributed by atoms with E-state index in [4.69, 9.17) is 4.74 Å². The van der Waals surface area contributed by atoms with Gasteiger partial charge in [0.15, 0.2) is 0 Å². The van der Waals surface area contributed by atoms with Crippen LogP contribution in [0.25, 0.3) is 6.08 Å². The Balaban J connectivity index is 1.46. The van der Waals surface area contributed by atoms with Crippen LogP contribution in [-0.4, -0.2) is 68.8 Å². The Morgan fingerprint density at radius 3 is 2.28 bits per heavy atom. The van der Waals surface area contributed by atoms with Gasteiger partial charge in [0.05, 0.1) is 13.2 Å². The molecule has 0 radical (unpaired) electrons. The molecular formula is C23H27N3O5S. The average molecular weight is 458 g/mol. The number of hydrogen-bond donors (Lipinski definition) is 1. The monoisotopic (exact) mass is 457 g/mol. The molecule has 32 heavy (non-hydrogen) atoms. The van der Waals surface area contributed by atoms with Crippen molar-refractivity contribution in [1.82, 2.24) is 14.5 Å². The fraction of sp³-hybridized carbons (Fsp3) is 0.304. The van der Waals surface area contributed by atoms with Crippen LogP contribution in [0, 0.1) is 0 Å². The summed E-state index contributed by atoms with van der Waals surface area (Å²) < 4.78 is 31.8. The van der Waals surface area contributed by atoms with Gasteiger partial charge in [0.25, 0.3) is 5.91 Å². The highest BCUT2D eigenvalue weighted by molar-refractivity contribution is 7.92. The van der Waals surface area contributed by atoms with Gasteiger partial charge in [0.1, 0.15) is 5.75 Å². The second-order valence-electron chi connectivity index (χ2n) is 7.18. The SMILES string of the molecule is CCOc1ccc(C(=O)NCC(=O)N2CCN(S(=O)(=O)C=Cc3ccccc3)CC2)cc1. The van der Waals surface area contributed by atoms with E-state index in [-0.39, 0.29) is 44.5 Å². The third kappa shape index (κ3) is 6.41. The Labute approximate surface area is 188 Å². The molecule has 1 fully saturated rings. The van der Waals surface area contributed by atoms with E-state index >= 15 is 0 Å². The summed E-state index contributed by atoms with van der Waals surface area (Å²) in [6.07, 6.45) is 1.56. The molecule has 0 aromatic heterocycles. The maximum atomic E-state index is 12.5. The van der Waals surface area contributed by atoms with Gasteiger partial charge in [-0.15, -0.1) is 0 Å². The van der Waals surface area contributed by atoms with Crippen LogP contribution in [0.3, 0.4) is 0 Å². The van der Waals surface area contributed by atoms with Crippen LogP contribution in [-0.2, 0) is 14.8 Å². The number of sulfonamides is 1. The molecule has 1 saturated heterocycles. The number of nitrogens with one attached hydrogen (secondary N) is 1. The van der Waals surface area contributed by atoms with Crippen LogP contribution < -0.4 is 10.1 Å². The highest BCUT2D eigenvalue weighted by Crippen LogP contribution is 2.13. The molecule has 1 N–H and O–H groups in total. The maximum Gasteiger partial charge on any atom is 0.251 e. The van der Waals surface area contributed by atoms with Gasteiger partial charge in [-0.2, -0.15) is 4.31 Å². The van der Waals surface area contributed by atoms with Gasteiger partial charge in [0.2, 0.25) is 15.9 Å². The number of ether oxygens (including phenoxy) is 1. The lowest BCUT2D eigenvalue weighted by Crippen LogP contribution is -2.52. The molecule has 0 bridgehead atoms. The van der Waals surface area contributed by atoms with E-state index in [9.17, 15) is 18.0 Å². The molecule has 2 amide bonds. The summed E-state index contributed by atoms with van der Waals surface area (Å²) in [5.74, 6) is 0.0707. The van der Waals surface area contributed by atoms with Crippen molar-refractivity contribution in [3.63, 3.8) is 0 Å². The number of benzene rings is 2. The summed E-state index contributed by atoms with van der Waals surface area (Å²) in [4.78, 5) is 26.3. The van der Waals surface area contributed by atoms with Crippen molar-refractivity contribution in [3.05, 3.63) is 71.1 Å². The van der Waals surface area contributed by atoms with Gasteiger partial charge >= 0.3 is 0 Å². The van der Waals surface area contributed by atoms with Crippen molar-refractivity contribution in [1.29, 1.82) is 0 Å². The van der Waals surface area contributed by atoms with E-state index in [1.165, 1.54) is 9.71 Å². The number of hydrogen-bond acceptors (Lipinski definition) is 5. The molecular weight excluding hydrogens is 430 g/mol. The molecule has 0 saturated carbocycles. The van der Waals surface area contributed by atoms with Gasteiger partial charge in [-0.25, -0.2) is 8.42 Å². The first-order chi connectivity index (χ1) is 15.4. The van der Waals surface area contributed by atoms with E-state index in [1.807, 2.05) is 37.3 Å². The predicted octanol–water partition coefficient (Wildman–Crippen LogP) is 1.96. The van der Waals surface area contributed by atoms with E-state index in [1.54, 1.807) is 35.2 Å². The first-order valence-corrected chi connectivity index (χ1v) is 11.9. The molecule has 1 aliphatic heterocycles. The van der Waals surface area contributed by atoms with Gasteiger partial charge in [0, 0.05) is 37.2 Å². The molecule has 9 heteroatoms. The second-order valence-corrected chi connectivity index (χ2v) is 9.00. The van der Waals surface area contributed by atoms with Crippen LogP contribution in [0.5, 0.6) is 5.75 Å². The molecule has 0 aliphatic carbocycles. The van der Waals surface area contributed by atoms with Crippen molar-refractivity contribution >= 4 is 27.9 Å². The zero-order valence-corrected chi connectivity index (χ0v) is 18.8. The molecule has 0 spiro atoms. The number of carbonyl (C=O) groups is 2. The summed E-state index contributed by atoms with van der Waals surface area (Å²) in [5, 5.41) is 3.80. The fourth-order valence-corrected chi connectivity index (χ4v) is 4.42. The fourth-order valence-electron chi connectivity index (χ4n) is 3.25. The Hall–Kier alpha value is -3.17. The smallest absolute Gasteiger partial charge is 0.251 e. The Morgan fingerprint density at radius 1 is 1.00 bits per heavy atom. The molecule has 0 unspecified atom stereocenters. The molecule has 0 atom stereocenters. The van der Waals surface area contributed by atoms with Crippen LogP contribution in [0.4, 0.5) is 0 Å². The Morgan fingerprint density at radius 2 is 1.66 bits per heavy atom. The Bertz CT molecular complexity index is 1040. The summed E-state index contributed by atoms with van der Waals surface area (Å²) in [6.45, 7) is 3.24. The van der Waals surface area contributed by atoms with Crippen molar-refractivity contribution < 1.29 is 22.7 Å². The standard InChI is InChI=1S/C23H27N3O5S/c1-2-31-21-10-8-20(9-11-21)23(28)24-18-22(27)25-13-15-26(16-14-25)32(29,30)17-12-19-6-4-3-5-7-19/h3-12,17H,2,13-16,18H2,1H3,(H,24,28). The van der Waals surface area contributed by atoms with Crippen molar-refractivity contribution in [2.75, 3.05) is 39.3 Å². The Kier molecular flexibility index (Phi) is 8.02. The van der Waals surface area contributed by atoms with Crippen molar-refractivity contribution in [2.24, 2.45) is 0 Å². The topological polar surface area (TPSA) is 96.0 Å². The van der Waals surface area contributed by atoms with Crippen LogP contribution in [0.1, 0.15) is 22.8 Å². The van der Waals surface area contributed by atoms with E-state index in [0.29, 0.717) is 17.9 Å². The lowest BCUT2D eigenvalue weighted by molar-refractivity contribution is -0.131. The summed E-state index contributed by atoms with van der Waals surface area (Å²) in [5.41, 5.74) is 1.23. The molecule has 170 valence electrons. The predicted molar refractivity (Wildman–Crippen MR) is 122 cm³/mol. The zero-order valence-electron chi connectivity index (χ0n) is 17.9. The average Bonchev–Trinajstić information content (AvgIpc) is 2.82. The summed E-state index contributed by atoms with van der Waals surface area (Å²) in [7, 11) is -3.57. The minimum Gasteiger partial charge on any atom is -0.494 e. The molecule has 2 aromatic carbocycles. The molecule has 8 nitrogen and oxygen atoms in total. The largest absolute Gasteiger partial charge is 0.494 e. The van der Waals surface area contributed by atoms with Crippen LogP contribution in [0.15, 0.2) is 60.0 Å². The van der Waals surface area contributed by atoms with Gasteiger partial charge < -0.3 is 15.0 Å². The highest BCUT2D eigenvalue weighted by atomic mass is 32.2. The first-order valence-electron chi connectivity index (χ1n) is 10.4. The number of piperazine rings is 1. The lowest BCUT2D eigenvalue weighted by Gasteiger charge is -2.33. The third-order valence-corrected chi connectivity index (χ3v) is 6.58. The highest BCUT2D eigenvalue weighted by Gasteiger charge is 2.27. The maximum absolute atomic E-state index is 12.5. The molecule has 3 rings (SSSR count). The van der Waals surface area contributed by atoms with Crippen molar-refractivity contribution in [2.45, 2.75) is 6.92 Å². The van der Waals surface area contributed by atoms with Crippen molar-refractivity contribution in [3.8, 4) is 5.75 Å². The number of nitrogens with zero attached hydrogens (tertiary/aromatic N) is 2. The minimum atomic E-state index is -3.57. The van der Waals surface area contributed by atoms with Crippen LogP contribution in [0.2, 0.25) is 0 Å². The van der Waals surface area contributed by atoms with Crippen LogP contribution >= 0.6 is 0 Å². The molecule has 1 heterocycles. The first kappa shape index (κ1) is 23.5. The number of amides is 2. The third-order valence-electron chi connectivity index (χ3n) is 5.01. The van der Waals surface area contributed by atoms with E-state index < -0.39 is 10.0 Å². The molecule has 2 aromatic rings. The lowest BCUT2D eigenvalue weighted by atomic mass is 10.2.